The molecular weight excluding hydrogens is 282 g/mol. The maximum absolute atomic E-state index is 10.7. The molecule has 4 N–H and O–H groups in total. The Hall–Kier alpha value is -0.330. The average Bonchev–Trinajstić information content (AvgIpc) is 2.56. The minimum absolute atomic E-state index is 0.0738. The molecule has 112 valence electrons. The van der Waals surface area contributed by atoms with E-state index < -0.39 is 46.8 Å². The van der Waals surface area contributed by atoms with E-state index in [1.54, 1.807) is 13.8 Å². The third-order valence-electron chi connectivity index (χ3n) is 2.92. The fourth-order valence-corrected chi connectivity index (χ4v) is 2.45. The molecule has 2 rings (SSSR count). The summed E-state index contributed by atoms with van der Waals surface area (Å²) in [4.78, 5) is 0. The lowest BCUT2D eigenvalue weighted by atomic mass is 9.98. The molecule has 0 aromatic heterocycles. The van der Waals surface area contributed by atoms with Crippen LogP contribution in [0.4, 0.5) is 0 Å². The van der Waals surface area contributed by atoms with Crippen molar-refractivity contribution < 1.29 is 37.0 Å². The van der Waals surface area contributed by atoms with Crippen LogP contribution < -0.4 is 5.14 Å². The minimum Gasteiger partial charge on any atom is -0.385 e. The molecule has 0 spiro atoms. The Morgan fingerprint density at radius 2 is 2.05 bits per heavy atom. The second kappa shape index (κ2) is 4.60. The van der Waals surface area contributed by atoms with Gasteiger partial charge < -0.3 is 24.4 Å². The number of aliphatic hydroxyl groups excluding tert-OH is 1. The number of rotatable bonds is 3. The summed E-state index contributed by atoms with van der Waals surface area (Å²) in [5.41, 5.74) is 0. The van der Waals surface area contributed by atoms with Gasteiger partial charge in [0.2, 0.25) is 5.79 Å². The van der Waals surface area contributed by atoms with Gasteiger partial charge in [0.05, 0.1) is 6.61 Å². The van der Waals surface area contributed by atoms with E-state index in [2.05, 4.69) is 9.32 Å². The summed E-state index contributed by atoms with van der Waals surface area (Å²) >= 11 is 0. The van der Waals surface area contributed by atoms with Gasteiger partial charge >= 0.3 is 10.3 Å². The van der Waals surface area contributed by atoms with Gasteiger partial charge in [-0.25, -0.2) is 5.14 Å². The molecule has 10 heteroatoms. The standard InChI is InChI=1S/C9H17NO8S/c1-8(2)17-5-3-15-9(12,4-16-19(10,13)14)7(11)6(5)18-8/h5-7,11-12H,3-4H2,1-2H3,(H2,10,13,14). The Bertz CT molecular complexity index is 451. The zero-order valence-electron chi connectivity index (χ0n) is 10.5. The van der Waals surface area contributed by atoms with Gasteiger partial charge in [-0.2, -0.15) is 8.42 Å². The molecule has 0 saturated carbocycles. The molecule has 0 aliphatic carbocycles. The number of hydrogen-bond donors (Lipinski definition) is 3. The Kier molecular flexibility index (Phi) is 3.65. The van der Waals surface area contributed by atoms with Crippen LogP contribution in [0, 0.1) is 0 Å². The van der Waals surface area contributed by atoms with Crippen molar-refractivity contribution in [1.82, 2.24) is 0 Å². The summed E-state index contributed by atoms with van der Waals surface area (Å²) < 4.78 is 41.6. The molecule has 2 aliphatic rings. The van der Waals surface area contributed by atoms with Crippen molar-refractivity contribution in [2.45, 2.75) is 43.7 Å². The molecule has 2 saturated heterocycles. The summed E-state index contributed by atoms with van der Waals surface area (Å²) in [5.74, 6) is -3.15. The Morgan fingerprint density at radius 3 is 2.63 bits per heavy atom. The van der Waals surface area contributed by atoms with Crippen LogP contribution in [0.1, 0.15) is 13.8 Å². The van der Waals surface area contributed by atoms with E-state index in [0.29, 0.717) is 0 Å². The van der Waals surface area contributed by atoms with Crippen LogP contribution in [0.25, 0.3) is 0 Å². The van der Waals surface area contributed by atoms with Crippen molar-refractivity contribution in [3.63, 3.8) is 0 Å². The van der Waals surface area contributed by atoms with Gasteiger partial charge in [0.25, 0.3) is 0 Å². The summed E-state index contributed by atoms with van der Waals surface area (Å²) in [6.45, 7) is 2.39. The van der Waals surface area contributed by atoms with E-state index in [1.165, 1.54) is 0 Å². The van der Waals surface area contributed by atoms with E-state index in [0.717, 1.165) is 0 Å². The number of hydrogen-bond acceptors (Lipinski definition) is 8. The molecule has 19 heavy (non-hydrogen) atoms. The summed E-state index contributed by atoms with van der Waals surface area (Å²) in [6.07, 6.45) is -2.94. The van der Waals surface area contributed by atoms with Gasteiger partial charge in [0.1, 0.15) is 24.9 Å². The zero-order chi connectivity index (χ0) is 14.5. The van der Waals surface area contributed by atoms with Crippen molar-refractivity contribution in [2.24, 2.45) is 5.14 Å². The lowest BCUT2D eigenvalue weighted by Crippen LogP contribution is -2.62. The monoisotopic (exact) mass is 299 g/mol. The van der Waals surface area contributed by atoms with Gasteiger partial charge in [0.15, 0.2) is 5.79 Å². The largest absolute Gasteiger partial charge is 0.385 e. The lowest BCUT2D eigenvalue weighted by molar-refractivity contribution is -0.315. The average molecular weight is 299 g/mol. The zero-order valence-corrected chi connectivity index (χ0v) is 11.3. The van der Waals surface area contributed by atoms with E-state index in [-0.39, 0.29) is 6.61 Å². The minimum atomic E-state index is -4.25. The second-order valence-electron chi connectivity index (χ2n) is 4.99. The maximum Gasteiger partial charge on any atom is 0.333 e. The fourth-order valence-electron chi connectivity index (χ4n) is 2.12. The van der Waals surface area contributed by atoms with Crippen LogP contribution in [0.5, 0.6) is 0 Å². The highest BCUT2D eigenvalue weighted by atomic mass is 32.2. The molecule has 0 bridgehead atoms. The molecule has 2 fully saturated rings. The number of ether oxygens (including phenoxy) is 3. The SMILES string of the molecule is CC1(C)OC2COC(O)(COS(N)(=O)=O)C(O)C2O1. The third kappa shape index (κ3) is 3.23. The van der Waals surface area contributed by atoms with E-state index in [1.807, 2.05) is 0 Å². The van der Waals surface area contributed by atoms with Crippen molar-refractivity contribution in [3.05, 3.63) is 0 Å². The van der Waals surface area contributed by atoms with E-state index >= 15 is 0 Å². The molecule has 4 unspecified atom stereocenters. The topological polar surface area (TPSA) is 138 Å². The predicted octanol–water partition coefficient (Wildman–Crippen LogP) is -2.19. The van der Waals surface area contributed by atoms with Crippen LogP contribution in [0.3, 0.4) is 0 Å². The normalized spacial score (nSPS) is 42.1. The molecule has 0 amide bonds. The molecule has 2 aliphatic heterocycles. The molecule has 0 aromatic rings. The smallest absolute Gasteiger partial charge is 0.333 e. The number of nitrogens with two attached hydrogens (primary N) is 1. The highest BCUT2D eigenvalue weighted by molar-refractivity contribution is 7.84. The van der Waals surface area contributed by atoms with Crippen LogP contribution in [0.15, 0.2) is 0 Å². The van der Waals surface area contributed by atoms with Gasteiger partial charge in [-0.1, -0.05) is 0 Å². The van der Waals surface area contributed by atoms with Crippen LogP contribution >= 0.6 is 0 Å². The molecule has 9 nitrogen and oxygen atoms in total. The third-order valence-corrected chi connectivity index (χ3v) is 3.37. The van der Waals surface area contributed by atoms with E-state index in [4.69, 9.17) is 14.2 Å². The van der Waals surface area contributed by atoms with Crippen molar-refractivity contribution in [3.8, 4) is 0 Å². The number of aliphatic hydroxyl groups is 2. The van der Waals surface area contributed by atoms with Gasteiger partial charge in [-0.15, -0.1) is 0 Å². The predicted molar refractivity (Wildman–Crippen MR) is 59.8 cm³/mol. The Morgan fingerprint density at radius 1 is 1.42 bits per heavy atom. The van der Waals surface area contributed by atoms with Crippen molar-refractivity contribution in [2.75, 3.05) is 13.2 Å². The molecule has 0 aromatic carbocycles. The first-order valence-electron chi connectivity index (χ1n) is 5.60. The summed E-state index contributed by atoms with van der Waals surface area (Å²) in [7, 11) is -4.25. The Labute approximate surface area is 110 Å². The molecule has 2 heterocycles. The quantitative estimate of drug-likeness (QED) is 0.534. The van der Waals surface area contributed by atoms with Crippen molar-refractivity contribution in [1.29, 1.82) is 0 Å². The molecular formula is C9H17NO8S. The number of fused-ring (bicyclic) bond motifs is 1. The van der Waals surface area contributed by atoms with Gasteiger partial charge in [-0.3, -0.25) is 4.18 Å². The Balaban J connectivity index is 2.09. The van der Waals surface area contributed by atoms with Gasteiger partial charge in [0, 0.05) is 0 Å². The first-order valence-corrected chi connectivity index (χ1v) is 7.07. The van der Waals surface area contributed by atoms with Crippen LogP contribution in [-0.2, 0) is 28.7 Å². The van der Waals surface area contributed by atoms with Gasteiger partial charge in [-0.05, 0) is 13.8 Å². The first-order chi connectivity index (χ1) is 8.53. The van der Waals surface area contributed by atoms with Crippen molar-refractivity contribution >= 4 is 10.3 Å². The van der Waals surface area contributed by atoms with E-state index in [9.17, 15) is 18.6 Å². The summed E-state index contributed by atoms with van der Waals surface area (Å²) in [6, 6.07) is 0. The first kappa shape index (κ1) is 15.1. The van der Waals surface area contributed by atoms with Crippen LogP contribution in [-0.4, -0.2) is 61.7 Å². The van der Waals surface area contributed by atoms with Crippen LogP contribution in [0.2, 0.25) is 0 Å². The summed E-state index contributed by atoms with van der Waals surface area (Å²) in [5, 5.41) is 24.8. The second-order valence-corrected chi connectivity index (χ2v) is 6.22. The highest BCUT2D eigenvalue weighted by Crippen LogP contribution is 2.37. The maximum atomic E-state index is 10.7. The highest BCUT2D eigenvalue weighted by Gasteiger charge is 2.56. The molecule has 4 atom stereocenters. The fraction of sp³-hybridized carbons (Fsp3) is 1.00. The lowest BCUT2D eigenvalue weighted by Gasteiger charge is -2.40. The molecule has 0 radical (unpaired) electrons.